The van der Waals surface area contributed by atoms with Crippen molar-refractivity contribution in [3.63, 3.8) is 0 Å². The van der Waals surface area contributed by atoms with Gasteiger partial charge in [0.15, 0.2) is 0 Å². The van der Waals surface area contributed by atoms with E-state index >= 15 is 0 Å². The van der Waals surface area contributed by atoms with E-state index in [1.54, 1.807) is 18.2 Å². The van der Waals surface area contributed by atoms with Crippen LogP contribution in [0.3, 0.4) is 0 Å². The van der Waals surface area contributed by atoms with Gasteiger partial charge in [-0.2, -0.15) is 0 Å². The van der Waals surface area contributed by atoms with Crippen LogP contribution >= 0.6 is 11.6 Å². The zero-order valence-electron chi connectivity index (χ0n) is 9.54. The van der Waals surface area contributed by atoms with Gasteiger partial charge in [-0.3, -0.25) is 9.59 Å². The molecule has 0 fully saturated rings. The fourth-order valence-electron chi connectivity index (χ4n) is 1.26. The fourth-order valence-corrected chi connectivity index (χ4v) is 1.33. The Hall–Kier alpha value is -1.75. The first-order valence-corrected chi connectivity index (χ1v) is 5.41. The van der Waals surface area contributed by atoms with E-state index in [-0.39, 0.29) is 17.7 Å². The number of ether oxygens (including phenoxy) is 1. The third kappa shape index (κ3) is 3.35. The molecule has 2 amide bonds. The molecular weight excluding hydrogens is 244 g/mol. The number of alkyl halides is 1. The Balaban J connectivity index is 3.01. The molecule has 0 radical (unpaired) electrons. The molecule has 0 aliphatic heterocycles. The molecule has 0 saturated heterocycles. The van der Waals surface area contributed by atoms with Gasteiger partial charge < -0.3 is 15.4 Å². The molecule has 0 unspecified atom stereocenters. The maximum atomic E-state index is 11.4. The van der Waals surface area contributed by atoms with E-state index in [2.05, 4.69) is 10.6 Å². The molecule has 1 rings (SSSR count). The SMILES string of the molecule is CNC(=O)c1ccc(NC(=O)CCl)c(OC)c1. The van der Waals surface area contributed by atoms with Crippen LogP contribution in [-0.2, 0) is 4.79 Å². The maximum Gasteiger partial charge on any atom is 0.251 e. The summed E-state index contributed by atoms with van der Waals surface area (Å²) in [5.41, 5.74) is 0.930. The van der Waals surface area contributed by atoms with Gasteiger partial charge in [0.25, 0.3) is 5.91 Å². The van der Waals surface area contributed by atoms with Crippen molar-refractivity contribution >= 4 is 29.1 Å². The Morgan fingerprint density at radius 2 is 2.12 bits per heavy atom. The zero-order valence-corrected chi connectivity index (χ0v) is 10.3. The van der Waals surface area contributed by atoms with Crippen LogP contribution in [0.25, 0.3) is 0 Å². The molecule has 0 bridgehead atoms. The molecular formula is C11H13ClN2O3. The predicted octanol–water partition coefficient (Wildman–Crippen LogP) is 1.23. The highest BCUT2D eigenvalue weighted by atomic mass is 35.5. The number of amides is 2. The van der Waals surface area contributed by atoms with E-state index in [9.17, 15) is 9.59 Å². The zero-order chi connectivity index (χ0) is 12.8. The van der Waals surface area contributed by atoms with Gasteiger partial charge in [0.05, 0.1) is 12.8 Å². The lowest BCUT2D eigenvalue weighted by Gasteiger charge is -2.10. The summed E-state index contributed by atoms with van der Waals surface area (Å²) in [4.78, 5) is 22.5. The molecule has 0 aromatic heterocycles. The molecule has 0 atom stereocenters. The number of methoxy groups -OCH3 is 1. The number of carbonyl (C=O) groups is 2. The van der Waals surface area contributed by atoms with Gasteiger partial charge in [-0.15, -0.1) is 11.6 Å². The number of benzene rings is 1. The topological polar surface area (TPSA) is 67.4 Å². The molecule has 1 aromatic carbocycles. The number of hydrogen-bond acceptors (Lipinski definition) is 3. The van der Waals surface area contributed by atoms with Crippen molar-refractivity contribution in [2.75, 3.05) is 25.4 Å². The molecule has 2 N–H and O–H groups in total. The van der Waals surface area contributed by atoms with Gasteiger partial charge in [0, 0.05) is 12.6 Å². The third-order valence-electron chi connectivity index (χ3n) is 2.09. The van der Waals surface area contributed by atoms with E-state index in [0.29, 0.717) is 17.0 Å². The summed E-state index contributed by atoms with van der Waals surface area (Å²) in [6.07, 6.45) is 0. The average molecular weight is 257 g/mol. The number of halogens is 1. The van der Waals surface area contributed by atoms with Crippen LogP contribution in [0.5, 0.6) is 5.75 Å². The number of hydrogen-bond donors (Lipinski definition) is 2. The highest BCUT2D eigenvalue weighted by molar-refractivity contribution is 6.29. The Morgan fingerprint density at radius 3 is 2.65 bits per heavy atom. The minimum atomic E-state index is -0.336. The second-order valence-electron chi connectivity index (χ2n) is 3.18. The summed E-state index contributed by atoms with van der Waals surface area (Å²) in [6.45, 7) is 0. The molecule has 0 saturated carbocycles. The fraction of sp³-hybridized carbons (Fsp3) is 0.273. The van der Waals surface area contributed by atoms with E-state index in [1.165, 1.54) is 14.2 Å². The van der Waals surface area contributed by atoms with E-state index in [4.69, 9.17) is 16.3 Å². The molecule has 6 heteroatoms. The Bertz CT molecular complexity index is 435. The molecule has 0 aliphatic rings. The van der Waals surface area contributed by atoms with Crippen molar-refractivity contribution in [1.29, 1.82) is 0 Å². The molecule has 0 spiro atoms. The molecule has 0 aliphatic carbocycles. The lowest BCUT2D eigenvalue weighted by atomic mass is 10.1. The monoisotopic (exact) mass is 256 g/mol. The molecule has 17 heavy (non-hydrogen) atoms. The first kappa shape index (κ1) is 13.3. The molecule has 5 nitrogen and oxygen atoms in total. The van der Waals surface area contributed by atoms with Crippen molar-refractivity contribution in [3.8, 4) is 5.75 Å². The number of nitrogens with one attached hydrogen (secondary N) is 2. The Labute approximate surface area is 104 Å². The van der Waals surface area contributed by atoms with Crippen molar-refractivity contribution in [3.05, 3.63) is 23.8 Å². The molecule has 92 valence electrons. The number of anilines is 1. The quantitative estimate of drug-likeness (QED) is 0.797. The normalized spacial score (nSPS) is 9.59. The van der Waals surface area contributed by atoms with Gasteiger partial charge in [-0.25, -0.2) is 0 Å². The van der Waals surface area contributed by atoms with Crippen LogP contribution < -0.4 is 15.4 Å². The van der Waals surface area contributed by atoms with Gasteiger partial charge >= 0.3 is 0 Å². The summed E-state index contributed by atoms with van der Waals surface area (Å²) in [6, 6.07) is 4.72. The highest BCUT2D eigenvalue weighted by Gasteiger charge is 2.10. The van der Waals surface area contributed by atoms with Crippen LogP contribution in [-0.4, -0.2) is 31.9 Å². The Kier molecular flexibility index (Phi) is 4.78. The van der Waals surface area contributed by atoms with Gasteiger partial charge in [-0.1, -0.05) is 0 Å². The largest absolute Gasteiger partial charge is 0.495 e. The van der Waals surface area contributed by atoms with Gasteiger partial charge in [0.2, 0.25) is 5.91 Å². The first-order chi connectivity index (χ1) is 8.12. The standard InChI is InChI=1S/C11H13ClN2O3/c1-13-11(16)7-3-4-8(9(5-7)17-2)14-10(15)6-12/h3-5H,6H2,1-2H3,(H,13,16)(H,14,15). The van der Waals surface area contributed by atoms with E-state index in [0.717, 1.165) is 0 Å². The van der Waals surface area contributed by atoms with Crippen molar-refractivity contribution in [2.45, 2.75) is 0 Å². The highest BCUT2D eigenvalue weighted by Crippen LogP contribution is 2.25. The van der Waals surface area contributed by atoms with Crippen LogP contribution in [0.4, 0.5) is 5.69 Å². The van der Waals surface area contributed by atoms with Crippen molar-refractivity contribution in [1.82, 2.24) is 5.32 Å². The van der Waals surface area contributed by atoms with E-state index < -0.39 is 0 Å². The average Bonchev–Trinajstić information content (AvgIpc) is 2.37. The second kappa shape index (κ2) is 6.10. The van der Waals surface area contributed by atoms with Gasteiger partial charge in [-0.05, 0) is 18.2 Å². The summed E-state index contributed by atoms with van der Waals surface area (Å²) in [7, 11) is 3.00. The summed E-state index contributed by atoms with van der Waals surface area (Å²) < 4.78 is 5.09. The minimum absolute atomic E-state index is 0.139. The number of carbonyl (C=O) groups excluding carboxylic acids is 2. The van der Waals surface area contributed by atoms with Gasteiger partial charge in [0.1, 0.15) is 11.6 Å². The lowest BCUT2D eigenvalue weighted by Crippen LogP contribution is -2.18. The summed E-state index contributed by atoms with van der Waals surface area (Å²) in [5, 5.41) is 5.07. The van der Waals surface area contributed by atoms with Crippen LogP contribution in [0.15, 0.2) is 18.2 Å². The first-order valence-electron chi connectivity index (χ1n) is 4.88. The Morgan fingerprint density at radius 1 is 1.41 bits per heavy atom. The van der Waals surface area contributed by atoms with Crippen molar-refractivity contribution in [2.24, 2.45) is 0 Å². The van der Waals surface area contributed by atoms with Crippen molar-refractivity contribution < 1.29 is 14.3 Å². The van der Waals surface area contributed by atoms with E-state index in [1.807, 2.05) is 0 Å². The predicted molar refractivity (Wildman–Crippen MR) is 65.7 cm³/mol. The van der Waals surface area contributed by atoms with Crippen LogP contribution in [0.1, 0.15) is 10.4 Å². The molecule has 1 aromatic rings. The summed E-state index contributed by atoms with van der Waals surface area (Å²) in [5.74, 6) is -0.291. The molecule has 0 heterocycles. The van der Waals surface area contributed by atoms with Crippen LogP contribution in [0.2, 0.25) is 0 Å². The summed E-state index contributed by atoms with van der Waals surface area (Å²) >= 11 is 5.38. The van der Waals surface area contributed by atoms with Crippen LogP contribution in [0, 0.1) is 0 Å². The lowest BCUT2D eigenvalue weighted by molar-refractivity contribution is -0.113. The maximum absolute atomic E-state index is 11.4. The number of rotatable bonds is 4. The second-order valence-corrected chi connectivity index (χ2v) is 3.44. The minimum Gasteiger partial charge on any atom is -0.495 e. The third-order valence-corrected chi connectivity index (χ3v) is 2.33. The smallest absolute Gasteiger partial charge is 0.251 e.